The van der Waals surface area contributed by atoms with Crippen LogP contribution in [0.4, 0.5) is 0 Å². The van der Waals surface area contributed by atoms with Gasteiger partial charge in [0.2, 0.25) is 0 Å². The zero-order chi connectivity index (χ0) is 13.7. The van der Waals surface area contributed by atoms with Gasteiger partial charge in [-0.15, -0.1) is 0 Å². The van der Waals surface area contributed by atoms with E-state index in [1.807, 2.05) is 14.0 Å². The van der Waals surface area contributed by atoms with Crippen molar-refractivity contribution in [2.24, 2.45) is 0 Å². The van der Waals surface area contributed by atoms with Crippen molar-refractivity contribution in [2.45, 2.75) is 58.1 Å². The fraction of sp³-hybridized carbons (Fsp3) is 0.733. The van der Waals surface area contributed by atoms with Crippen LogP contribution in [0.2, 0.25) is 0 Å². The first-order chi connectivity index (χ1) is 9.24. The molecule has 1 aromatic heterocycles. The zero-order valence-electron chi connectivity index (χ0n) is 12.3. The van der Waals surface area contributed by atoms with Crippen molar-refractivity contribution >= 4 is 0 Å². The largest absolute Gasteiger partial charge is 0.378 e. The molecule has 4 nitrogen and oxygen atoms in total. The second-order valence-electron chi connectivity index (χ2n) is 5.29. The molecule has 0 spiro atoms. The van der Waals surface area contributed by atoms with Gasteiger partial charge >= 0.3 is 0 Å². The van der Waals surface area contributed by atoms with Crippen molar-refractivity contribution in [1.29, 1.82) is 0 Å². The molecular formula is C15H25N3O. The van der Waals surface area contributed by atoms with E-state index in [1.54, 1.807) is 0 Å². The van der Waals surface area contributed by atoms with Gasteiger partial charge in [0.05, 0.1) is 17.5 Å². The second kappa shape index (κ2) is 6.96. The summed E-state index contributed by atoms with van der Waals surface area (Å²) in [6.45, 7) is 5.07. The van der Waals surface area contributed by atoms with Crippen LogP contribution in [0.25, 0.3) is 0 Å². The number of ether oxygens (including phenoxy) is 1. The quantitative estimate of drug-likeness (QED) is 0.857. The number of nitrogens with one attached hydrogen (secondary N) is 1. The smallest absolute Gasteiger partial charge is 0.0676 e. The summed E-state index contributed by atoms with van der Waals surface area (Å²) in [5.74, 6) is 0. The van der Waals surface area contributed by atoms with Crippen molar-refractivity contribution in [2.75, 3.05) is 13.7 Å². The van der Waals surface area contributed by atoms with Gasteiger partial charge < -0.3 is 10.1 Å². The number of hydrogen-bond donors (Lipinski definition) is 1. The van der Waals surface area contributed by atoms with Gasteiger partial charge in [-0.1, -0.05) is 6.92 Å². The summed E-state index contributed by atoms with van der Waals surface area (Å²) in [5, 5.41) is 11.9. The Bertz CT molecular complexity index is 402. The maximum absolute atomic E-state index is 5.71. The van der Waals surface area contributed by atoms with Gasteiger partial charge in [-0.05, 0) is 57.7 Å². The Morgan fingerprint density at radius 1 is 1.47 bits per heavy atom. The molecule has 1 aromatic rings. The first-order valence-corrected chi connectivity index (χ1v) is 7.36. The van der Waals surface area contributed by atoms with E-state index >= 15 is 0 Å². The van der Waals surface area contributed by atoms with E-state index in [0.717, 1.165) is 37.3 Å². The van der Waals surface area contributed by atoms with Crippen LogP contribution in [0, 0.1) is 6.92 Å². The predicted molar refractivity (Wildman–Crippen MR) is 76.2 cm³/mol. The molecule has 1 N–H and O–H groups in total. The van der Waals surface area contributed by atoms with Crippen LogP contribution in [0.15, 0.2) is 6.07 Å². The van der Waals surface area contributed by atoms with Crippen molar-refractivity contribution in [3.05, 3.63) is 23.0 Å². The Labute approximate surface area is 116 Å². The lowest BCUT2D eigenvalue weighted by Crippen LogP contribution is -2.21. The van der Waals surface area contributed by atoms with E-state index in [2.05, 4.69) is 28.5 Å². The van der Waals surface area contributed by atoms with Crippen LogP contribution >= 0.6 is 0 Å². The molecule has 4 heteroatoms. The molecule has 0 radical (unpaired) electrons. The highest BCUT2D eigenvalue weighted by atomic mass is 16.5. The summed E-state index contributed by atoms with van der Waals surface area (Å²) in [5.41, 5.74) is 3.40. The summed E-state index contributed by atoms with van der Waals surface area (Å²) >= 11 is 0. The number of aryl methyl sites for hydroxylation is 2. The minimum Gasteiger partial charge on any atom is -0.378 e. The van der Waals surface area contributed by atoms with E-state index < -0.39 is 0 Å². The van der Waals surface area contributed by atoms with E-state index in [-0.39, 0.29) is 0 Å². The highest BCUT2D eigenvalue weighted by Crippen LogP contribution is 2.25. The van der Waals surface area contributed by atoms with Gasteiger partial charge in [-0.3, -0.25) is 0 Å². The molecule has 0 amide bonds. The molecule has 1 fully saturated rings. The van der Waals surface area contributed by atoms with Crippen LogP contribution in [0.5, 0.6) is 0 Å². The minimum atomic E-state index is 0.355. The van der Waals surface area contributed by atoms with Crippen molar-refractivity contribution in [1.82, 2.24) is 15.5 Å². The first kappa shape index (κ1) is 14.4. The molecular weight excluding hydrogens is 238 g/mol. The molecule has 2 unspecified atom stereocenters. The standard InChI is InChI=1S/C15H25N3O/c1-4-14-13(10-11(2)17-18-14)15(16-3)8-7-12-6-5-9-19-12/h10,12,15-16H,4-9H2,1-3H3. The maximum atomic E-state index is 5.71. The molecule has 0 aliphatic carbocycles. The van der Waals surface area contributed by atoms with Crippen molar-refractivity contribution in [3.63, 3.8) is 0 Å². The Morgan fingerprint density at radius 2 is 2.32 bits per heavy atom. The van der Waals surface area contributed by atoms with Crippen LogP contribution in [0.3, 0.4) is 0 Å². The molecule has 2 heterocycles. The predicted octanol–water partition coefficient (Wildman–Crippen LogP) is 2.57. The number of aromatic nitrogens is 2. The Kier molecular flexibility index (Phi) is 5.28. The third-order valence-electron chi connectivity index (χ3n) is 3.89. The van der Waals surface area contributed by atoms with Gasteiger partial charge in [0.15, 0.2) is 0 Å². The lowest BCUT2D eigenvalue weighted by atomic mass is 9.97. The summed E-state index contributed by atoms with van der Waals surface area (Å²) in [6.07, 6.45) is 6.03. The monoisotopic (exact) mass is 263 g/mol. The normalized spacial score (nSPS) is 20.7. The van der Waals surface area contributed by atoms with Gasteiger partial charge in [0, 0.05) is 12.6 Å². The van der Waals surface area contributed by atoms with E-state index in [9.17, 15) is 0 Å². The molecule has 106 valence electrons. The van der Waals surface area contributed by atoms with E-state index in [1.165, 1.54) is 18.4 Å². The van der Waals surface area contributed by atoms with Gasteiger partial charge in [-0.2, -0.15) is 10.2 Å². The summed E-state index contributed by atoms with van der Waals surface area (Å²) in [7, 11) is 2.02. The SMILES string of the molecule is CCc1nnc(C)cc1C(CCC1CCCO1)NC. The molecule has 0 bridgehead atoms. The fourth-order valence-corrected chi connectivity index (χ4v) is 2.79. The highest BCUT2D eigenvalue weighted by molar-refractivity contribution is 5.24. The van der Waals surface area contributed by atoms with Gasteiger partial charge in [0.25, 0.3) is 0 Å². The van der Waals surface area contributed by atoms with Crippen molar-refractivity contribution in [3.8, 4) is 0 Å². The molecule has 1 aliphatic heterocycles. The Morgan fingerprint density at radius 3 is 2.95 bits per heavy atom. The Balaban J connectivity index is 2.05. The molecule has 0 aromatic carbocycles. The number of hydrogen-bond acceptors (Lipinski definition) is 4. The third kappa shape index (κ3) is 3.74. The minimum absolute atomic E-state index is 0.355. The van der Waals surface area contributed by atoms with Crippen LogP contribution in [-0.2, 0) is 11.2 Å². The van der Waals surface area contributed by atoms with E-state index in [0.29, 0.717) is 12.1 Å². The molecule has 19 heavy (non-hydrogen) atoms. The first-order valence-electron chi connectivity index (χ1n) is 7.36. The highest BCUT2D eigenvalue weighted by Gasteiger charge is 2.20. The van der Waals surface area contributed by atoms with Crippen LogP contribution in [-0.4, -0.2) is 30.0 Å². The van der Waals surface area contributed by atoms with E-state index in [4.69, 9.17) is 4.74 Å². The third-order valence-corrected chi connectivity index (χ3v) is 3.89. The molecule has 1 aliphatic rings. The lowest BCUT2D eigenvalue weighted by molar-refractivity contribution is 0.0998. The molecule has 2 atom stereocenters. The van der Waals surface area contributed by atoms with Gasteiger partial charge in [-0.25, -0.2) is 0 Å². The molecule has 1 saturated heterocycles. The molecule has 2 rings (SSSR count). The lowest BCUT2D eigenvalue weighted by Gasteiger charge is -2.20. The fourth-order valence-electron chi connectivity index (χ4n) is 2.79. The summed E-state index contributed by atoms with van der Waals surface area (Å²) < 4.78 is 5.71. The average molecular weight is 263 g/mol. The van der Waals surface area contributed by atoms with Crippen molar-refractivity contribution < 1.29 is 4.74 Å². The van der Waals surface area contributed by atoms with Crippen LogP contribution in [0.1, 0.15) is 55.6 Å². The number of nitrogens with zero attached hydrogens (tertiary/aromatic N) is 2. The summed E-state index contributed by atoms with van der Waals surface area (Å²) in [6, 6.07) is 2.52. The van der Waals surface area contributed by atoms with Crippen LogP contribution < -0.4 is 5.32 Å². The average Bonchev–Trinajstić information content (AvgIpc) is 2.93. The maximum Gasteiger partial charge on any atom is 0.0676 e. The topological polar surface area (TPSA) is 47.0 Å². The molecule has 0 saturated carbocycles. The zero-order valence-corrected chi connectivity index (χ0v) is 12.3. The number of rotatable bonds is 6. The second-order valence-corrected chi connectivity index (χ2v) is 5.29. The Hall–Kier alpha value is -1.00. The van der Waals surface area contributed by atoms with Gasteiger partial charge in [0.1, 0.15) is 0 Å². The summed E-state index contributed by atoms with van der Waals surface area (Å²) in [4.78, 5) is 0.